The first-order chi connectivity index (χ1) is 12.3. The summed E-state index contributed by atoms with van der Waals surface area (Å²) in [6.45, 7) is 13.1. The van der Waals surface area contributed by atoms with Gasteiger partial charge in [0.25, 0.3) is 0 Å². The minimum atomic E-state index is -0.0203. The third kappa shape index (κ3) is 3.31. The minimum Gasteiger partial charge on any atom is -0.396 e. The van der Waals surface area contributed by atoms with Crippen molar-refractivity contribution in [1.82, 2.24) is 0 Å². The van der Waals surface area contributed by atoms with Crippen LogP contribution in [-0.4, -0.2) is 18.9 Å². The Balaban J connectivity index is 2.03. The third-order valence-electron chi connectivity index (χ3n) is 6.92. The van der Waals surface area contributed by atoms with Gasteiger partial charge in [-0.3, -0.25) is 0 Å². The van der Waals surface area contributed by atoms with Gasteiger partial charge in [0.1, 0.15) is 6.61 Å². The largest absolute Gasteiger partial charge is 0.396 e. The van der Waals surface area contributed by atoms with E-state index in [1.54, 1.807) is 0 Å². The van der Waals surface area contributed by atoms with Gasteiger partial charge in [0.2, 0.25) is 0 Å². The van der Waals surface area contributed by atoms with Crippen LogP contribution in [-0.2, 0) is 16.7 Å². The number of rotatable bonds is 5. The van der Waals surface area contributed by atoms with E-state index in [1.807, 2.05) is 0 Å². The molecule has 0 radical (unpaired) electrons. The number of hydrogen-bond donors (Lipinski definition) is 1. The van der Waals surface area contributed by atoms with Crippen molar-refractivity contribution in [3.05, 3.63) is 34.9 Å². The molecule has 0 heterocycles. The van der Waals surface area contributed by atoms with Crippen LogP contribution < -0.4 is 5.73 Å². The summed E-state index contributed by atoms with van der Waals surface area (Å²) in [6, 6.07) is 7.15. The van der Waals surface area contributed by atoms with Gasteiger partial charge in [-0.2, -0.15) is 0 Å². The zero-order chi connectivity index (χ0) is 18.9. The van der Waals surface area contributed by atoms with E-state index >= 15 is 0 Å². The topological polar surface area (TPSA) is 47.6 Å². The zero-order valence-electron chi connectivity index (χ0n) is 17.3. The van der Waals surface area contributed by atoms with Gasteiger partial charge >= 0.3 is 0 Å². The summed E-state index contributed by atoms with van der Waals surface area (Å²) >= 11 is 0. The molecule has 0 aromatic heterocycles. The van der Waals surface area contributed by atoms with Gasteiger partial charge in [-0.1, -0.05) is 51.0 Å². The third-order valence-corrected chi connectivity index (χ3v) is 6.92. The Morgan fingerprint density at radius 1 is 1.23 bits per heavy atom. The van der Waals surface area contributed by atoms with Gasteiger partial charge in [0, 0.05) is 5.41 Å². The average Bonchev–Trinajstić information content (AvgIpc) is 2.59. The molecule has 0 bridgehead atoms. The van der Waals surface area contributed by atoms with E-state index in [-0.39, 0.29) is 5.41 Å². The molecule has 3 rings (SSSR count). The maximum atomic E-state index is 5.68. The van der Waals surface area contributed by atoms with E-state index in [4.69, 9.17) is 10.6 Å². The maximum Gasteiger partial charge on any atom is 0.118 e. The molecule has 26 heavy (non-hydrogen) atoms. The monoisotopic (exact) mass is 356 g/mol. The van der Waals surface area contributed by atoms with Gasteiger partial charge < -0.3 is 10.6 Å². The van der Waals surface area contributed by atoms with Crippen LogP contribution in [0.1, 0.15) is 82.9 Å². The van der Waals surface area contributed by atoms with Gasteiger partial charge in [0.15, 0.2) is 0 Å². The van der Waals surface area contributed by atoms with Crippen molar-refractivity contribution in [1.29, 1.82) is 0 Å². The Labute approximate surface area is 159 Å². The smallest absolute Gasteiger partial charge is 0.118 e. The number of hydrogen-bond acceptors (Lipinski definition) is 3. The number of benzene rings is 1. The Kier molecular flexibility index (Phi) is 5.48. The molecule has 1 aromatic carbocycles. The number of aryl methyl sites for hydroxylation is 1. The van der Waals surface area contributed by atoms with Crippen LogP contribution in [0, 0.1) is 11.3 Å². The van der Waals surface area contributed by atoms with E-state index in [0.717, 1.165) is 12.8 Å². The fourth-order valence-electron chi connectivity index (χ4n) is 5.28. The molecule has 2 aliphatic rings. The second-order valence-corrected chi connectivity index (χ2v) is 9.37. The SMILES string of the molecule is CC(C)c1ccc2c(c1)CCC1C(C)(C)CCC(=NOCCCN)[C@]21C. The predicted octanol–water partition coefficient (Wildman–Crippen LogP) is 5.17. The maximum absolute atomic E-state index is 5.68. The normalized spacial score (nSPS) is 28.7. The Hall–Kier alpha value is -1.35. The fraction of sp³-hybridized carbons (Fsp3) is 0.696. The molecule has 1 unspecified atom stereocenters. The highest BCUT2D eigenvalue weighted by atomic mass is 16.6. The summed E-state index contributed by atoms with van der Waals surface area (Å²) in [5.41, 5.74) is 11.6. The number of nitrogens with zero attached hydrogens (tertiary/aromatic N) is 1. The predicted molar refractivity (Wildman–Crippen MR) is 110 cm³/mol. The molecular weight excluding hydrogens is 320 g/mol. The molecule has 0 amide bonds. The second-order valence-electron chi connectivity index (χ2n) is 9.37. The lowest BCUT2D eigenvalue weighted by molar-refractivity contribution is 0.0917. The minimum absolute atomic E-state index is 0.0203. The van der Waals surface area contributed by atoms with Crippen molar-refractivity contribution >= 4 is 5.71 Å². The molecule has 0 aliphatic heterocycles. The molecule has 3 nitrogen and oxygen atoms in total. The first kappa shape index (κ1) is 19.4. The van der Waals surface area contributed by atoms with Crippen molar-refractivity contribution in [3.8, 4) is 0 Å². The summed E-state index contributed by atoms with van der Waals surface area (Å²) < 4.78 is 0. The molecule has 1 fully saturated rings. The van der Waals surface area contributed by atoms with Gasteiger partial charge in [0.05, 0.1) is 5.71 Å². The highest BCUT2D eigenvalue weighted by Crippen LogP contribution is 2.56. The summed E-state index contributed by atoms with van der Waals surface area (Å²) in [6.07, 6.45) is 5.48. The van der Waals surface area contributed by atoms with E-state index in [1.165, 1.54) is 41.7 Å². The average molecular weight is 357 g/mol. The molecular formula is C23H36N2O. The summed E-state index contributed by atoms with van der Waals surface area (Å²) in [7, 11) is 0. The first-order valence-corrected chi connectivity index (χ1v) is 10.3. The molecule has 2 aliphatic carbocycles. The van der Waals surface area contributed by atoms with Crippen LogP contribution in [0.4, 0.5) is 0 Å². The fourth-order valence-corrected chi connectivity index (χ4v) is 5.28. The first-order valence-electron chi connectivity index (χ1n) is 10.3. The zero-order valence-corrected chi connectivity index (χ0v) is 17.3. The molecule has 3 heteroatoms. The van der Waals surface area contributed by atoms with Crippen LogP contribution in [0.3, 0.4) is 0 Å². The van der Waals surface area contributed by atoms with Crippen LogP contribution in [0.2, 0.25) is 0 Å². The molecule has 1 aromatic rings. The van der Waals surface area contributed by atoms with E-state index < -0.39 is 0 Å². The van der Waals surface area contributed by atoms with Crippen molar-refractivity contribution in [3.63, 3.8) is 0 Å². The lowest BCUT2D eigenvalue weighted by atomic mass is 9.49. The van der Waals surface area contributed by atoms with Gasteiger partial charge in [-0.15, -0.1) is 0 Å². The highest BCUT2D eigenvalue weighted by Gasteiger charge is 2.53. The lowest BCUT2D eigenvalue weighted by Gasteiger charge is -2.54. The number of nitrogens with two attached hydrogens (primary N) is 1. The van der Waals surface area contributed by atoms with Crippen molar-refractivity contribution < 1.29 is 4.84 Å². The van der Waals surface area contributed by atoms with E-state index in [2.05, 4.69) is 58.0 Å². The lowest BCUT2D eigenvalue weighted by Crippen LogP contribution is -2.53. The second kappa shape index (κ2) is 7.34. The van der Waals surface area contributed by atoms with Crippen molar-refractivity contribution in [2.24, 2.45) is 22.2 Å². The molecule has 0 saturated heterocycles. The van der Waals surface area contributed by atoms with Gasteiger partial charge in [-0.25, -0.2) is 0 Å². The number of oxime groups is 1. The summed E-state index contributed by atoms with van der Waals surface area (Å²) in [4.78, 5) is 5.68. The van der Waals surface area contributed by atoms with Crippen molar-refractivity contribution in [2.75, 3.05) is 13.2 Å². The molecule has 0 spiro atoms. The Morgan fingerprint density at radius 3 is 2.69 bits per heavy atom. The summed E-state index contributed by atoms with van der Waals surface area (Å²) in [5, 5.41) is 4.66. The van der Waals surface area contributed by atoms with Crippen LogP contribution in [0.15, 0.2) is 23.4 Å². The Morgan fingerprint density at radius 2 is 2.00 bits per heavy atom. The van der Waals surface area contributed by atoms with Crippen LogP contribution in [0.25, 0.3) is 0 Å². The van der Waals surface area contributed by atoms with E-state index in [0.29, 0.717) is 30.4 Å². The van der Waals surface area contributed by atoms with Crippen LogP contribution >= 0.6 is 0 Å². The number of fused-ring (bicyclic) bond motifs is 3. The molecule has 2 atom stereocenters. The van der Waals surface area contributed by atoms with E-state index in [9.17, 15) is 0 Å². The standard InChI is InChI=1S/C23H36N2O/c1-16(2)17-7-9-19-18(15-17)8-10-20-22(3,4)12-11-21(23(19,20)5)25-26-14-6-13-24/h7,9,15-16,20H,6,8,10-14,24H2,1-5H3/t20?,23-/m1/s1. The molecule has 2 N–H and O–H groups in total. The quantitative estimate of drug-likeness (QED) is 0.584. The Bertz CT molecular complexity index is 677. The van der Waals surface area contributed by atoms with Gasteiger partial charge in [-0.05, 0) is 79.5 Å². The van der Waals surface area contributed by atoms with Crippen molar-refractivity contribution in [2.45, 2.75) is 78.1 Å². The molecule has 144 valence electrons. The van der Waals surface area contributed by atoms with Crippen LogP contribution in [0.5, 0.6) is 0 Å². The molecule has 1 saturated carbocycles. The highest BCUT2D eigenvalue weighted by molar-refractivity contribution is 5.96. The summed E-state index contributed by atoms with van der Waals surface area (Å²) in [5.74, 6) is 1.18.